The lowest BCUT2D eigenvalue weighted by atomic mass is 10.0. The molecule has 10 heteroatoms. The van der Waals surface area contributed by atoms with Crippen molar-refractivity contribution >= 4 is 29.3 Å². The zero-order valence-electron chi connectivity index (χ0n) is 17.2. The first-order chi connectivity index (χ1) is 15.6. The van der Waals surface area contributed by atoms with Crippen LogP contribution in [0.5, 0.6) is 11.5 Å². The molecular weight excluding hydrogens is 450 g/mol. The molecule has 8 nitrogen and oxygen atoms in total. The number of fused-ring (bicyclic) bond motifs is 1. The van der Waals surface area contributed by atoms with E-state index >= 15 is 0 Å². The molecule has 32 heavy (non-hydrogen) atoms. The number of likely N-dealkylation sites (tertiary alicyclic amines) is 1. The molecule has 0 aliphatic carbocycles. The van der Waals surface area contributed by atoms with Crippen LogP contribution in [0.1, 0.15) is 24.4 Å². The highest BCUT2D eigenvalue weighted by Gasteiger charge is 2.31. The predicted octanol–water partition coefficient (Wildman–Crippen LogP) is 3.54. The zero-order chi connectivity index (χ0) is 22.1. The summed E-state index contributed by atoms with van der Waals surface area (Å²) >= 11 is 7.23. The molecule has 1 aromatic heterocycles. The summed E-state index contributed by atoms with van der Waals surface area (Å²) in [6, 6.07) is 13.2. The highest BCUT2D eigenvalue weighted by atomic mass is 35.5. The summed E-state index contributed by atoms with van der Waals surface area (Å²) in [7, 11) is 0. The quantitative estimate of drug-likeness (QED) is 0.449. The summed E-state index contributed by atoms with van der Waals surface area (Å²) in [5.74, 6) is 8.48. The van der Waals surface area contributed by atoms with Crippen molar-refractivity contribution in [3.05, 3.63) is 53.1 Å². The SMILES string of the molecule is Nn1c(SCC(=O)N2CCC[C@@H]2c2ccc3c(c2)OCCO3)nnc1-c1ccc(Cl)cc1. The smallest absolute Gasteiger partial charge is 0.233 e. The monoisotopic (exact) mass is 471 g/mol. The Morgan fingerprint density at radius 2 is 1.91 bits per heavy atom. The number of nitrogens with two attached hydrogens (primary N) is 1. The van der Waals surface area contributed by atoms with Crippen molar-refractivity contribution in [2.75, 3.05) is 31.4 Å². The van der Waals surface area contributed by atoms with Gasteiger partial charge in [0, 0.05) is 17.1 Å². The Bertz CT molecular complexity index is 1140. The Kier molecular flexibility index (Phi) is 5.84. The number of halogens is 1. The molecule has 2 N–H and O–H groups in total. The Morgan fingerprint density at radius 1 is 1.12 bits per heavy atom. The number of carbonyl (C=O) groups is 1. The first kappa shape index (κ1) is 21.0. The lowest BCUT2D eigenvalue weighted by Crippen LogP contribution is -2.32. The van der Waals surface area contributed by atoms with Crippen LogP contribution in [0.25, 0.3) is 11.4 Å². The number of nitrogens with zero attached hydrogens (tertiary/aromatic N) is 4. The molecule has 0 saturated carbocycles. The lowest BCUT2D eigenvalue weighted by Gasteiger charge is -2.26. The van der Waals surface area contributed by atoms with E-state index in [1.165, 1.54) is 16.4 Å². The van der Waals surface area contributed by atoms with Crippen LogP contribution in [-0.2, 0) is 4.79 Å². The van der Waals surface area contributed by atoms with Crippen LogP contribution in [0.3, 0.4) is 0 Å². The molecule has 0 bridgehead atoms. The molecule has 5 rings (SSSR count). The van der Waals surface area contributed by atoms with E-state index in [1.54, 1.807) is 12.1 Å². The Morgan fingerprint density at radius 3 is 2.72 bits per heavy atom. The highest BCUT2D eigenvalue weighted by Crippen LogP contribution is 2.38. The minimum atomic E-state index is 0.0271. The van der Waals surface area contributed by atoms with Gasteiger partial charge < -0.3 is 20.2 Å². The predicted molar refractivity (Wildman–Crippen MR) is 122 cm³/mol. The maximum absolute atomic E-state index is 13.1. The molecule has 2 aromatic carbocycles. The van der Waals surface area contributed by atoms with Crippen molar-refractivity contribution in [2.45, 2.75) is 24.0 Å². The van der Waals surface area contributed by atoms with E-state index in [-0.39, 0.29) is 17.7 Å². The summed E-state index contributed by atoms with van der Waals surface area (Å²) in [5.41, 5.74) is 1.87. The van der Waals surface area contributed by atoms with Gasteiger partial charge in [0.15, 0.2) is 17.3 Å². The Balaban J connectivity index is 1.26. The first-order valence-corrected chi connectivity index (χ1v) is 11.7. The van der Waals surface area contributed by atoms with Gasteiger partial charge in [-0.2, -0.15) is 0 Å². The van der Waals surface area contributed by atoms with Gasteiger partial charge in [-0.15, -0.1) is 10.2 Å². The molecule has 166 valence electrons. The highest BCUT2D eigenvalue weighted by molar-refractivity contribution is 7.99. The zero-order valence-corrected chi connectivity index (χ0v) is 18.8. The van der Waals surface area contributed by atoms with Gasteiger partial charge in [-0.1, -0.05) is 29.4 Å². The molecule has 0 spiro atoms. The van der Waals surface area contributed by atoms with Crippen molar-refractivity contribution in [1.82, 2.24) is 19.8 Å². The van der Waals surface area contributed by atoms with Gasteiger partial charge in [0.05, 0.1) is 11.8 Å². The Hall–Kier alpha value is -2.91. The molecule has 0 unspecified atom stereocenters. The molecule has 2 aliphatic heterocycles. The first-order valence-electron chi connectivity index (χ1n) is 10.4. The van der Waals surface area contributed by atoms with Crippen LogP contribution in [0.15, 0.2) is 47.6 Å². The second-order valence-electron chi connectivity index (χ2n) is 7.62. The number of carbonyl (C=O) groups excluding carboxylic acids is 1. The molecule has 1 fully saturated rings. The van der Waals surface area contributed by atoms with Crippen molar-refractivity contribution in [3.63, 3.8) is 0 Å². The third-order valence-electron chi connectivity index (χ3n) is 5.62. The van der Waals surface area contributed by atoms with E-state index < -0.39 is 0 Å². The maximum atomic E-state index is 13.1. The number of hydrogen-bond acceptors (Lipinski definition) is 7. The number of amides is 1. The average Bonchev–Trinajstić information content (AvgIpc) is 3.45. The second kappa shape index (κ2) is 8.91. The fourth-order valence-electron chi connectivity index (χ4n) is 4.06. The summed E-state index contributed by atoms with van der Waals surface area (Å²) in [5, 5.41) is 9.44. The number of hydrogen-bond donors (Lipinski definition) is 1. The van der Waals surface area contributed by atoms with Gasteiger partial charge >= 0.3 is 0 Å². The lowest BCUT2D eigenvalue weighted by molar-refractivity contribution is -0.129. The molecular formula is C22H22ClN5O3S. The summed E-state index contributed by atoms with van der Waals surface area (Å²) in [6.07, 6.45) is 1.88. The van der Waals surface area contributed by atoms with Gasteiger partial charge in [0.25, 0.3) is 0 Å². The summed E-state index contributed by atoms with van der Waals surface area (Å²) in [4.78, 5) is 15.0. The summed E-state index contributed by atoms with van der Waals surface area (Å²) in [6.45, 7) is 1.82. The van der Waals surface area contributed by atoms with Crippen LogP contribution < -0.4 is 15.3 Å². The van der Waals surface area contributed by atoms with Crippen LogP contribution in [-0.4, -0.2) is 51.2 Å². The van der Waals surface area contributed by atoms with Crippen LogP contribution >= 0.6 is 23.4 Å². The van der Waals surface area contributed by atoms with Crippen molar-refractivity contribution in [2.24, 2.45) is 0 Å². The minimum absolute atomic E-state index is 0.0271. The fraction of sp³-hybridized carbons (Fsp3) is 0.318. The van der Waals surface area contributed by atoms with Crippen LogP contribution in [0, 0.1) is 0 Å². The van der Waals surface area contributed by atoms with Gasteiger partial charge in [-0.05, 0) is 54.8 Å². The van der Waals surface area contributed by atoms with Crippen LogP contribution in [0.2, 0.25) is 5.02 Å². The van der Waals surface area contributed by atoms with Gasteiger partial charge in [-0.25, -0.2) is 4.68 Å². The van der Waals surface area contributed by atoms with Gasteiger partial charge in [0.2, 0.25) is 11.1 Å². The second-order valence-corrected chi connectivity index (χ2v) is 9.00. The third-order valence-corrected chi connectivity index (χ3v) is 6.80. The number of ether oxygens (including phenoxy) is 2. The average molecular weight is 472 g/mol. The van der Waals surface area contributed by atoms with E-state index in [0.29, 0.717) is 29.2 Å². The van der Waals surface area contributed by atoms with Crippen molar-refractivity contribution in [3.8, 4) is 22.9 Å². The number of aromatic nitrogens is 3. The van der Waals surface area contributed by atoms with E-state index in [0.717, 1.165) is 42.0 Å². The molecule has 2 aliphatic rings. The molecule has 0 radical (unpaired) electrons. The molecule has 3 aromatic rings. The third kappa shape index (κ3) is 4.10. The van der Waals surface area contributed by atoms with E-state index in [4.69, 9.17) is 26.9 Å². The van der Waals surface area contributed by atoms with Gasteiger partial charge in [0.1, 0.15) is 13.2 Å². The normalized spacial score (nSPS) is 17.5. The van der Waals surface area contributed by atoms with Crippen LogP contribution in [0.4, 0.5) is 0 Å². The van der Waals surface area contributed by atoms with E-state index in [1.807, 2.05) is 35.2 Å². The number of benzene rings is 2. The fourth-order valence-corrected chi connectivity index (χ4v) is 4.93. The Labute approximate surface area is 194 Å². The number of nitrogen functional groups attached to an aromatic ring is 1. The maximum Gasteiger partial charge on any atom is 0.233 e. The standard InChI is InChI=1S/C22H22ClN5O3S/c23-16-6-3-14(4-7-16)21-25-26-22(28(21)24)32-13-20(29)27-9-1-2-17(27)15-5-8-18-19(12-15)31-11-10-30-18/h3-8,12,17H,1-2,9-11,13,24H2/t17-/m1/s1. The van der Waals surface area contributed by atoms with Crippen molar-refractivity contribution in [1.29, 1.82) is 0 Å². The molecule has 1 saturated heterocycles. The van der Waals surface area contributed by atoms with E-state index in [9.17, 15) is 4.79 Å². The van der Waals surface area contributed by atoms with Gasteiger partial charge in [-0.3, -0.25) is 4.79 Å². The molecule has 1 atom stereocenters. The van der Waals surface area contributed by atoms with Crippen molar-refractivity contribution < 1.29 is 14.3 Å². The number of rotatable bonds is 5. The number of thioether (sulfide) groups is 1. The van der Waals surface area contributed by atoms with E-state index in [2.05, 4.69) is 10.2 Å². The molecule has 1 amide bonds. The molecule has 3 heterocycles. The minimum Gasteiger partial charge on any atom is -0.486 e. The topological polar surface area (TPSA) is 95.5 Å². The summed E-state index contributed by atoms with van der Waals surface area (Å²) < 4.78 is 12.7. The largest absolute Gasteiger partial charge is 0.486 e.